The van der Waals surface area contributed by atoms with Crippen molar-refractivity contribution in [3.05, 3.63) is 56.2 Å². The molecule has 96 valence electrons. The Balaban J connectivity index is 2.04. The Morgan fingerprint density at radius 3 is 2.72 bits per heavy atom. The van der Waals surface area contributed by atoms with Crippen LogP contribution in [0.5, 0.6) is 0 Å². The van der Waals surface area contributed by atoms with Gasteiger partial charge in [0.15, 0.2) is 0 Å². The molecule has 0 spiro atoms. The van der Waals surface area contributed by atoms with Gasteiger partial charge in [-0.15, -0.1) is 22.9 Å². The van der Waals surface area contributed by atoms with Crippen molar-refractivity contribution >= 4 is 38.9 Å². The number of thiophene rings is 1. The van der Waals surface area contributed by atoms with Gasteiger partial charge in [0.2, 0.25) is 0 Å². The minimum Gasteiger partial charge on any atom is -0.148 e. The molecule has 1 unspecified atom stereocenters. The van der Waals surface area contributed by atoms with Crippen molar-refractivity contribution in [2.45, 2.75) is 19.8 Å². The predicted molar refractivity (Wildman–Crippen MR) is 84.8 cm³/mol. The molecule has 0 fully saturated rings. The lowest BCUT2D eigenvalue weighted by atomic mass is 9.96. The Hall–Kier alpha value is -0.310. The van der Waals surface area contributed by atoms with E-state index >= 15 is 0 Å². The van der Waals surface area contributed by atoms with Crippen LogP contribution in [0.25, 0.3) is 0 Å². The lowest BCUT2D eigenvalue weighted by Crippen LogP contribution is -2.09. The fraction of sp³-hybridized carbons (Fsp3) is 0.333. The number of benzene rings is 1. The van der Waals surface area contributed by atoms with E-state index in [2.05, 4.69) is 58.6 Å². The van der Waals surface area contributed by atoms with Gasteiger partial charge in [0.05, 0.1) is 0 Å². The Labute approximate surface area is 126 Å². The standard InChI is InChI=1S/C15H16BrClS/c1-11-3-2-4-12(7-11)8-13(10-17)9-15-14(16)5-6-18-15/h2-7,13H,8-10H2,1H3. The maximum absolute atomic E-state index is 6.12. The third-order valence-corrected chi connectivity index (χ3v) is 5.38. The smallest absolute Gasteiger partial charge is 0.0314 e. The van der Waals surface area contributed by atoms with E-state index in [9.17, 15) is 0 Å². The minimum absolute atomic E-state index is 0.503. The van der Waals surface area contributed by atoms with Crippen molar-refractivity contribution < 1.29 is 0 Å². The van der Waals surface area contributed by atoms with Gasteiger partial charge >= 0.3 is 0 Å². The van der Waals surface area contributed by atoms with Gasteiger partial charge in [-0.1, -0.05) is 29.8 Å². The molecule has 1 aromatic heterocycles. The summed E-state index contributed by atoms with van der Waals surface area (Å²) < 4.78 is 1.21. The molecule has 2 aromatic rings. The van der Waals surface area contributed by atoms with E-state index in [1.54, 1.807) is 11.3 Å². The van der Waals surface area contributed by atoms with Gasteiger partial charge in [0.25, 0.3) is 0 Å². The Bertz CT molecular complexity index is 507. The highest BCUT2D eigenvalue weighted by Gasteiger charge is 2.12. The summed E-state index contributed by atoms with van der Waals surface area (Å²) in [4.78, 5) is 1.40. The van der Waals surface area contributed by atoms with Crippen LogP contribution in [0.2, 0.25) is 0 Å². The molecule has 0 N–H and O–H groups in total. The molecule has 0 nitrogen and oxygen atoms in total. The van der Waals surface area contributed by atoms with Gasteiger partial charge in [-0.2, -0.15) is 0 Å². The second kappa shape index (κ2) is 6.74. The minimum atomic E-state index is 0.503. The first-order valence-corrected chi connectivity index (χ1v) is 8.23. The van der Waals surface area contributed by atoms with Crippen molar-refractivity contribution in [1.29, 1.82) is 0 Å². The van der Waals surface area contributed by atoms with Crippen LogP contribution in [0.1, 0.15) is 16.0 Å². The fourth-order valence-electron chi connectivity index (χ4n) is 2.09. The maximum Gasteiger partial charge on any atom is 0.0314 e. The van der Waals surface area contributed by atoms with Gasteiger partial charge in [-0.05, 0) is 58.6 Å². The number of halogens is 2. The molecular formula is C15H16BrClS. The van der Waals surface area contributed by atoms with E-state index in [1.165, 1.54) is 20.5 Å². The van der Waals surface area contributed by atoms with E-state index in [0.29, 0.717) is 11.8 Å². The maximum atomic E-state index is 6.12. The molecule has 0 aliphatic heterocycles. The van der Waals surface area contributed by atoms with E-state index in [4.69, 9.17) is 11.6 Å². The molecule has 0 radical (unpaired) electrons. The summed E-state index contributed by atoms with van der Waals surface area (Å²) in [6.45, 7) is 2.13. The van der Waals surface area contributed by atoms with E-state index in [0.717, 1.165) is 12.8 Å². The highest BCUT2D eigenvalue weighted by Crippen LogP contribution is 2.27. The first kappa shape index (κ1) is 14.1. The van der Waals surface area contributed by atoms with Crippen LogP contribution in [0.15, 0.2) is 40.2 Å². The Morgan fingerprint density at radius 1 is 1.28 bits per heavy atom. The van der Waals surface area contributed by atoms with Crippen molar-refractivity contribution in [2.75, 3.05) is 5.88 Å². The third-order valence-electron chi connectivity index (χ3n) is 2.99. The zero-order chi connectivity index (χ0) is 13.0. The molecule has 0 saturated carbocycles. The van der Waals surface area contributed by atoms with E-state index in [-0.39, 0.29) is 0 Å². The van der Waals surface area contributed by atoms with Gasteiger partial charge in [0, 0.05) is 15.2 Å². The zero-order valence-electron chi connectivity index (χ0n) is 10.3. The zero-order valence-corrected chi connectivity index (χ0v) is 13.5. The molecule has 0 aliphatic rings. The number of rotatable bonds is 5. The third kappa shape index (κ3) is 3.84. The number of hydrogen-bond donors (Lipinski definition) is 0. The van der Waals surface area contributed by atoms with Crippen molar-refractivity contribution in [2.24, 2.45) is 5.92 Å². The molecule has 18 heavy (non-hydrogen) atoms. The molecule has 3 heteroatoms. The topological polar surface area (TPSA) is 0 Å². The Morgan fingerprint density at radius 2 is 2.11 bits per heavy atom. The van der Waals surface area contributed by atoms with Crippen LogP contribution in [0.4, 0.5) is 0 Å². The normalized spacial score (nSPS) is 12.6. The summed E-state index contributed by atoms with van der Waals surface area (Å²) in [5.41, 5.74) is 2.70. The summed E-state index contributed by atoms with van der Waals surface area (Å²) in [7, 11) is 0. The number of aryl methyl sites for hydroxylation is 1. The molecule has 0 aliphatic carbocycles. The highest BCUT2D eigenvalue weighted by atomic mass is 79.9. The first-order valence-electron chi connectivity index (χ1n) is 6.02. The highest BCUT2D eigenvalue weighted by molar-refractivity contribution is 9.10. The molecule has 2 rings (SSSR count). The second-order valence-corrected chi connectivity index (χ2v) is 6.77. The molecule has 1 heterocycles. The second-order valence-electron chi connectivity index (χ2n) is 4.61. The molecule has 0 saturated heterocycles. The summed E-state index contributed by atoms with van der Waals surface area (Å²) in [6.07, 6.45) is 2.10. The van der Waals surface area contributed by atoms with Gasteiger partial charge < -0.3 is 0 Å². The average molecular weight is 344 g/mol. The summed E-state index contributed by atoms with van der Waals surface area (Å²) >= 11 is 11.5. The lowest BCUT2D eigenvalue weighted by Gasteiger charge is -2.13. The van der Waals surface area contributed by atoms with Gasteiger partial charge in [0.1, 0.15) is 0 Å². The Kier molecular flexibility index (Phi) is 5.28. The van der Waals surface area contributed by atoms with Crippen molar-refractivity contribution in [3.8, 4) is 0 Å². The molecule has 1 aromatic carbocycles. The summed E-state index contributed by atoms with van der Waals surface area (Å²) in [6, 6.07) is 10.8. The van der Waals surface area contributed by atoms with Crippen LogP contribution < -0.4 is 0 Å². The molecule has 0 bridgehead atoms. The first-order chi connectivity index (χ1) is 8.69. The van der Waals surface area contributed by atoms with Crippen LogP contribution in [-0.4, -0.2) is 5.88 Å². The largest absolute Gasteiger partial charge is 0.148 e. The van der Waals surface area contributed by atoms with Crippen molar-refractivity contribution in [3.63, 3.8) is 0 Å². The summed E-state index contributed by atoms with van der Waals surface area (Å²) in [5.74, 6) is 1.21. The lowest BCUT2D eigenvalue weighted by molar-refractivity contribution is 0.588. The molecule has 1 atom stereocenters. The van der Waals surface area contributed by atoms with Crippen LogP contribution in [0, 0.1) is 12.8 Å². The monoisotopic (exact) mass is 342 g/mol. The van der Waals surface area contributed by atoms with Crippen LogP contribution in [0.3, 0.4) is 0 Å². The molecule has 0 amide bonds. The molecular weight excluding hydrogens is 328 g/mol. The SMILES string of the molecule is Cc1cccc(CC(CCl)Cc2sccc2Br)c1. The quantitative estimate of drug-likeness (QED) is 0.632. The summed E-state index contributed by atoms with van der Waals surface area (Å²) in [5, 5.41) is 2.12. The van der Waals surface area contributed by atoms with Gasteiger partial charge in [-0.25, -0.2) is 0 Å². The predicted octanol–water partition coefficient (Wildman–Crippen LogP) is 5.46. The van der Waals surface area contributed by atoms with Crippen molar-refractivity contribution in [1.82, 2.24) is 0 Å². The van der Waals surface area contributed by atoms with Crippen LogP contribution in [-0.2, 0) is 12.8 Å². The number of hydrogen-bond acceptors (Lipinski definition) is 1. The fourth-order valence-corrected chi connectivity index (χ4v) is 3.94. The van der Waals surface area contributed by atoms with E-state index < -0.39 is 0 Å². The van der Waals surface area contributed by atoms with Crippen LogP contribution >= 0.6 is 38.9 Å². The average Bonchev–Trinajstić information content (AvgIpc) is 2.74. The number of alkyl halides is 1. The van der Waals surface area contributed by atoms with Gasteiger partial charge in [-0.3, -0.25) is 0 Å². The van der Waals surface area contributed by atoms with E-state index in [1.807, 2.05) is 0 Å².